The molecule has 1 N–H and O–H groups in total. The highest BCUT2D eigenvalue weighted by Gasteiger charge is 2.15. The Morgan fingerprint density at radius 1 is 0.968 bits per heavy atom. The molecule has 3 heterocycles. The van der Waals surface area contributed by atoms with E-state index in [4.69, 9.17) is 4.42 Å². The van der Waals surface area contributed by atoms with Gasteiger partial charge in [0, 0.05) is 5.69 Å². The molecule has 152 valence electrons. The minimum Gasteiger partial charge on any atom is -0.459 e. The van der Waals surface area contributed by atoms with Gasteiger partial charge in [-0.25, -0.2) is 9.67 Å². The van der Waals surface area contributed by atoms with E-state index in [1.165, 1.54) is 17.0 Å². The summed E-state index contributed by atoms with van der Waals surface area (Å²) in [7, 11) is 0. The Balaban J connectivity index is 1.50. The molecule has 0 aliphatic rings. The number of aromatic nitrogens is 4. The second-order valence-electron chi connectivity index (χ2n) is 6.91. The molecule has 0 atom stereocenters. The molecule has 0 unspecified atom stereocenters. The number of fused-ring (bicyclic) bond motifs is 1. The van der Waals surface area contributed by atoms with E-state index < -0.39 is 0 Å². The number of rotatable bonds is 4. The number of nitrogens with one attached hydrogen (secondary N) is 1. The molecule has 1 amide bonds. The van der Waals surface area contributed by atoms with Crippen LogP contribution in [0, 0.1) is 6.92 Å². The lowest BCUT2D eigenvalue weighted by Gasteiger charge is -2.11. The van der Waals surface area contributed by atoms with Crippen molar-refractivity contribution in [3.8, 4) is 11.4 Å². The van der Waals surface area contributed by atoms with Gasteiger partial charge >= 0.3 is 0 Å². The number of carbonyl (C=O) groups excluding carboxylic acids is 1. The molecule has 0 aliphatic heterocycles. The van der Waals surface area contributed by atoms with Crippen LogP contribution in [0.15, 0.2) is 88.4 Å². The fraction of sp³-hybridized carbons (Fsp3) is 0.0435. The summed E-state index contributed by atoms with van der Waals surface area (Å²) in [5.74, 6) is 0.409. The molecule has 0 fully saturated rings. The molecule has 0 aliphatic carbocycles. The monoisotopic (exact) mass is 411 g/mol. The van der Waals surface area contributed by atoms with Gasteiger partial charge in [-0.1, -0.05) is 18.2 Å². The minimum atomic E-state index is -0.345. The fourth-order valence-corrected chi connectivity index (χ4v) is 3.43. The molecule has 0 saturated heterocycles. The largest absolute Gasteiger partial charge is 0.459 e. The first-order valence-electron chi connectivity index (χ1n) is 9.60. The van der Waals surface area contributed by atoms with E-state index in [1.807, 2.05) is 30.3 Å². The Bertz CT molecular complexity index is 1430. The number of amides is 1. The van der Waals surface area contributed by atoms with E-state index in [1.54, 1.807) is 48.0 Å². The maximum absolute atomic E-state index is 13.2. The van der Waals surface area contributed by atoms with Crippen molar-refractivity contribution in [1.82, 2.24) is 19.3 Å². The molecule has 0 bridgehead atoms. The van der Waals surface area contributed by atoms with Crippen LogP contribution >= 0.6 is 0 Å². The standard InChI is InChI=1S/C23H17N5O3/c1-15-25-21-19(14-24-28(21)18-6-3-2-4-7-18)23(30)27(15)17-11-9-16(10-12-17)26-22(29)20-8-5-13-31-20/h2-14H,1H3,(H,26,29). The number of para-hydroxylation sites is 1. The summed E-state index contributed by atoms with van der Waals surface area (Å²) < 4.78 is 8.27. The maximum atomic E-state index is 13.2. The van der Waals surface area contributed by atoms with Gasteiger partial charge in [-0.05, 0) is 55.5 Å². The van der Waals surface area contributed by atoms with Crippen LogP contribution in [0.5, 0.6) is 0 Å². The number of nitrogens with zero attached hydrogens (tertiary/aromatic N) is 4. The van der Waals surface area contributed by atoms with E-state index in [0.29, 0.717) is 28.2 Å². The summed E-state index contributed by atoms with van der Waals surface area (Å²) in [6, 6.07) is 19.7. The van der Waals surface area contributed by atoms with E-state index in [-0.39, 0.29) is 17.2 Å². The average Bonchev–Trinajstić information content (AvgIpc) is 3.46. The van der Waals surface area contributed by atoms with Crippen LogP contribution in [0.3, 0.4) is 0 Å². The molecule has 5 rings (SSSR count). The predicted molar refractivity (Wildman–Crippen MR) is 116 cm³/mol. The Hall–Kier alpha value is -4.46. The van der Waals surface area contributed by atoms with Gasteiger partial charge in [-0.2, -0.15) is 5.10 Å². The molecular weight excluding hydrogens is 394 g/mol. The zero-order chi connectivity index (χ0) is 21.4. The number of hydrogen-bond donors (Lipinski definition) is 1. The van der Waals surface area contributed by atoms with Gasteiger partial charge in [0.25, 0.3) is 11.5 Å². The van der Waals surface area contributed by atoms with Crippen LogP contribution in [0.1, 0.15) is 16.4 Å². The minimum absolute atomic E-state index is 0.211. The van der Waals surface area contributed by atoms with Gasteiger partial charge < -0.3 is 9.73 Å². The van der Waals surface area contributed by atoms with Gasteiger partial charge in [-0.3, -0.25) is 14.2 Å². The summed E-state index contributed by atoms with van der Waals surface area (Å²) in [6.45, 7) is 1.77. The van der Waals surface area contributed by atoms with Crippen molar-refractivity contribution in [2.24, 2.45) is 0 Å². The lowest BCUT2D eigenvalue weighted by atomic mass is 10.2. The first-order chi connectivity index (χ1) is 15.1. The second-order valence-corrected chi connectivity index (χ2v) is 6.91. The normalized spacial score (nSPS) is 11.0. The molecule has 0 spiro atoms. The van der Waals surface area contributed by atoms with Gasteiger partial charge in [0.15, 0.2) is 11.4 Å². The maximum Gasteiger partial charge on any atom is 0.291 e. The highest BCUT2D eigenvalue weighted by molar-refractivity contribution is 6.02. The highest BCUT2D eigenvalue weighted by atomic mass is 16.3. The lowest BCUT2D eigenvalue weighted by Crippen LogP contribution is -2.22. The third kappa shape index (κ3) is 3.29. The SMILES string of the molecule is Cc1nc2c(cnn2-c2ccccc2)c(=O)n1-c1ccc(NC(=O)c2ccco2)cc1. The molecule has 31 heavy (non-hydrogen) atoms. The molecule has 8 nitrogen and oxygen atoms in total. The van der Waals surface area contributed by atoms with E-state index in [2.05, 4.69) is 15.4 Å². The number of carbonyl (C=O) groups is 1. The first kappa shape index (κ1) is 18.6. The molecule has 0 radical (unpaired) electrons. The molecule has 3 aromatic heterocycles. The quantitative estimate of drug-likeness (QED) is 0.486. The highest BCUT2D eigenvalue weighted by Crippen LogP contribution is 2.18. The molecular formula is C23H17N5O3. The average molecular weight is 411 g/mol. The Morgan fingerprint density at radius 2 is 1.74 bits per heavy atom. The van der Waals surface area contributed by atoms with Crippen LogP contribution in [-0.2, 0) is 0 Å². The van der Waals surface area contributed by atoms with E-state index in [9.17, 15) is 9.59 Å². The third-order valence-electron chi connectivity index (χ3n) is 4.90. The summed E-state index contributed by atoms with van der Waals surface area (Å²) in [5.41, 5.74) is 2.35. The number of benzene rings is 2. The predicted octanol–water partition coefficient (Wildman–Crippen LogP) is 3.73. The number of furan rings is 1. The van der Waals surface area contributed by atoms with Crippen molar-refractivity contribution >= 4 is 22.6 Å². The van der Waals surface area contributed by atoms with Crippen molar-refractivity contribution in [3.05, 3.63) is 101 Å². The molecule has 8 heteroatoms. The summed E-state index contributed by atoms with van der Waals surface area (Å²) >= 11 is 0. The van der Waals surface area contributed by atoms with Crippen molar-refractivity contribution in [1.29, 1.82) is 0 Å². The van der Waals surface area contributed by atoms with Crippen molar-refractivity contribution in [2.45, 2.75) is 6.92 Å². The van der Waals surface area contributed by atoms with Crippen molar-refractivity contribution in [2.75, 3.05) is 5.32 Å². The molecule has 0 saturated carbocycles. The van der Waals surface area contributed by atoms with Crippen molar-refractivity contribution in [3.63, 3.8) is 0 Å². The second kappa shape index (κ2) is 7.42. The fourth-order valence-electron chi connectivity index (χ4n) is 3.43. The summed E-state index contributed by atoms with van der Waals surface area (Å²) in [5, 5.41) is 7.53. The van der Waals surface area contributed by atoms with E-state index >= 15 is 0 Å². The van der Waals surface area contributed by atoms with Crippen LogP contribution < -0.4 is 10.9 Å². The van der Waals surface area contributed by atoms with Gasteiger partial charge in [0.1, 0.15) is 11.2 Å². The van der Waals surface area contributed by atoms with Crippen molar-refractivity contribution < 1.29 is 9.21 Å². The van der Waals surface area contributed by atoms with Crippen LogP contribution in [0.4, 0.5) is 5.69 Å². The van der Waals surface area contributed by atoms with E-state index in [0.717, 1.165) is 5.69 Å². The Morgan fingerprint density at radius 3 is 2.45 bits per heavy atom. The van der Waals surface area contributed by atoms with Gasteiger partial charge in [0.2, 0.25) is 0 Å². The smallest absolute Gasteiger partial charge is 0.291 e. The lowest BCUT2D eigenvalue weighted by molar-refractivity contribution is 0.0996. The van der Waals surface area contributed by atoms with Crippen LogP contribution in [0.25, 0.3) is 22.4 Å². The molecule has 5 aromatic rings. The number of hydrogen-bond acceptors (Lipinski definition) is 5. The summed E-state index contributed by atoms with van der Waals surface area (Å²) in [4.78, 5) is 30.0. The number of anilines is 1. The summed E-state index contributed by atoms with van der Waals surface area (Å²) in [6.07, 6.45) is 2.97. The van der Waals surface area contributed by atoms with Crippen LogP contribution in [-0.4, -0.2) is 25.2 Å². The Labute approximate surface area is 176 Å². The Kier molecular flexibility index (Phi) is 4.44. The van der Waals surface area contributed by atoms with Gasteiger partial charge in [-0.15, -0.1) is 0 Å². The molecule has 2 aromatic carbocycles. The topological polar surface area (TPSA) is 95.0 Å². The zero-order valence-electron chi connectivity index (χ0n) is 16.5. The first-order valence-corrected chi connectivity index (χ1v) is 9.60. The third-order valence-corrected chi connectivity index (χ3v) is 4.90. The van der Waals surface area contributed by atoms with Crippen LogP contribution in [0.2, 0.25) is 0 Å². The zero-order valence-corrected chi connectivity index (χ0v) is 16.5. The number of aryl methyl sites for hydroxylation is 1. The van der Waals surface area contributed by atoms with Gasteiger partial charge in [0.05, 0.1) is 23.8 Å².